The van der Waals surface area contributed by atoms with Crippen LogP contribution in [0, 0.1) is 0 Å². The predicted octanol–water partition coefficient (Wildman–Crippen LogP) is 0.0605. The fraction of sp³-hybridized carbons (Fsp3) is 0.375. The van der Waals surface area contributed by atoms with Crippen LogP contribution in [0.4, 0.5) is 10.9 Å². The van der Waals surface area contributed by atoms with E-state index < -0.39 is 33.8 Å². The minimum absolute atomic E-state index is 0.0370. The average molecular weight is 621 g/mol. The van der Waals surface area contributed by atoms with Gasteiger partial charge in [0.2, 0.25) is 0 Å². The third-order valence-electron chi connectivity index (χ3n) is 6.58. The Hall–Kier alpha value is -4.10. The average Bonchev–Trinajstić information content (AvgIpc) is 3.35. The van der Waals surface area contributed by atoms with Gasteiger partial charge >= 0.3 is 10.4 Å². The number of pyridine rings is 1. The van der Waals surface area contributed by atoms with Crippen molar-refractivity contribution >= 4 is 61.1 Å². The Morgan fingerprint density at radius 2 is 2.00 bits per heavy atom. The number of fused-ring (bicyclic) bond motifs is 1. The van der Waals surface area contributed by atoms with Crippen LogP contribution in [0.2, 0.25) is 0 Å². The number of nitrogens with zero attached hydrogens (tertiary/aromatic N) is 5. The fourth-order valence-corrected chi connectivity index (χ4v) is 5.39. The van der Waals surface area contributed by atoms with Crippen molar-refractivity contribution in [3.63, 3.8) is 0 Å². The molecule has 4 heterocycles. The van der Waals surface area contributed by atoms with E-state index in [4.69, 9.17) is 25.6 Å². The van der Waals surface area contributed by atoms with Crippen molar-refractivity contribution in [3.05, 3.63) is 41.4 Å². The largest absolute Gasteiger partial charge is 0.490 e. The van der Waals surface area contributed by atoms with E-state index in [9.17, 15) is 18.0 Å². The Balaban J connectivity index is 1.19. The number of anilines is 2. The van der Waals surface area contributed by atoms with Crippen LogP contribution in [0.5, 0.6) is 5.75 Å². The van der Waals surface area contributed by atoms with Crippen molar-refractivity contribution in [3.8, 4) is 5.75 Å². The first-order chi connectivity index (χ1) is 19.8. The molecule has 6 N–H and O–H groups in total. The molecule has 2 aliphatic heterocycles. The molecule has 2 fully saturated rings. The number of nitrogens with one attached hydrogen (secondary N) is 1. The Bertz CT molecular complexity index is 1650. The van der Waals surface area contributed by atoms with Gasteiger partial charge in [0, 0.05) is 29.9 Å². The van der Waals surface area contributed by atoms with Gasteiger partial charge in [0.05, 0.1) is 11.1 Å². The number of aromatic nitrogens is 2. The van der Waals surface area contributed by atoms with Gasteiger partial charge in [-0.3, -0.25) is 14.1 Å². The highest BCUT2D eigenvalue weighted by Crippen LogP contribution is 2.33. The summed E-state index contributed by atoms with van der Waals surface area (Å²) in [6.07, 6.45) is 0. The molecule has 3 aromatic rings. The van der Waals surface area contributed by atoms with Crippen molar-refractivity contribution in [1.29, 1.82) is 0 Å². The quantitative estimate of drug-likeness (QED) is 0.0732. The van der Waals surface area contributed by atoms with Crippen molar-refractivity contribution in [2.45, 2.75) is 31.5 Å². The Labute approximate surface area is 244 Å². The lowest BCUT2D eigenvalue weighted by Gasteiger charge is -2.50. The topological polar surface area (TPSA) is 225 Å². The molecule has 1 atom stereocenters. The number of β-lactam (4-membered cyclic amide) rings is 1. The monoisotopic (exact) mass is 620 g/mol. The van der Waals surface area contributed by atoms with Gasteiger partial charge < -0.3 is 31.3 Å². The van der Waals surface area contributed by atoms with Gasteiger partial charge in [0.1, 0.15) is 29.9 Å². The summed E-state index contributed by atoms with van der Waals surface area (Å²) >= 11 is 1.07. The first kappa shape index (κ1) is 29.4. The molecule has 0 aliphatic carbocycles. The number of rotatable bonds is 11. The maximum absolute atomic E-state index is 13.1. The van der Waals surface area contributed by atoms with Crippen molar-refractivity contribution in [2.24, 2.45) is 10.9 Å². The third kappa shape index (κ3) is 6.21. The van der Waals surface area contributed by atoms with Gasteiger partial charge in [-0.15, -0.1) is 15.6 Å². The molecule has 2 saturated heterocycles. The van der Waals surface area contributed by atoms with E-state index in [1.54, 1.807) is 6.07 Å². The van der Waals surface area contributed by atoms with Crippen LogP contribution < -0.4 is 26.4 Å². The molecule has 18 heteroatoms. The molecule has 224 valence electrons. The second-order valence-electron chi connectivity index (χ2n) is 10.1. The number of hydroxylamine groups is 2. The molecule has 0 bridgehead atoms. The van der Waals surface area contributed by atoms with Crippen LogP contribution in [0.25, 0.3) is 10.9 Å². The first-order valence-electron chi connectivity index (χ1n) is 12.6. The summed E-state index contributed by atoms with van der Waals surface area (Å²) in [6, 6.07) is 8.36. The number of hydrogen-bond donors (Lipinski definition) is 4. The van der Waals surface area contributed by atoms with E-state index in [1.165, 1.54) is 19.2 Å². The van der Waals surface area contributed by atoms with Crippen LogP contribution in [-0.2, 0) is 29.1 Å². The SMILES string of the molecule is CC1(C)C(NC(=O)/C(=N\OCCOc2ccc3nc(N4CC(N)C4)ccc3c2)c2csc(N)n2)C(=O)N1OS(=O)(=O)O. The highest BCUT2D eigenvalue weighted by Gasteiger charge is 2.58. The van der Waals surface area contributed by atoms with Gasteiger partial charge in [-0.2, -0.15) is 13.5 Å². The molecule has 42 heavy (non-hydrogen) atoms. The molecular weight excluding hydrogens is 592 g/mol. The van der Waals surface area contributed by atoms with E-state index in [-0.39, 0.29) is 35.8 Å². The fourth-order valence-electron chi connectivity index (χ4n) is 4.39. The molecule has 2 amide bonds. The number of benzene rings is 1. The zero-order valence-corrected chi connectivity index (χ0v) is 24.1. The third-order valence-corrected chi connectivity index (χ3v) is 7.59. The number of thiazole rings is 1. The molecule has 0 radical (unpaired) electrons. The number of hydrogen-bond acceptors (Lipinski definition) is 14. The zero-order valence-electron chi connectivity index (χ0n) is 22.5. The van der Waals surface area contributed by atoms with Crippen molar-refractivity contribution < 1.29 is 36.4 Å². The molecule has 1 unspecified atom stereocenters. The highest BCUT2D eigenvalue weighted by molar-refractivity contribution is 7.80. The summed E-state index contributed by atoms with van der Waals surface area (Å²) in [6.45, 7) is 4.48. The van der Waals surface area contributed by atoms with Gasteiger partial charge in [0.25, 0.3) is 11.8 Å². The standard InChI is InChI=1S/C24H28N8O8S2/c1-24(2)20(22(34)32(24)40-42(35,36)37)29-21(33)19(17-12-41-23(26)28-17)30-39-8-7-38-15-4-5-16-13(9-15)3-6-18(27-16)31-10-14(25)11-31/h3-6,9,12,14,20H,7-8,10-11,25H2,1-2H3,(H2,26,28)(H,29,33)(H,35,36,37)/b30-19-. The van der Waals surface area contributed by atoms with Crippen LogP contribution >= 0.6 is 11.3 Å². The van der Waals surface area contributed by atoms with Gasteiger partial charge in [-0.05, 0) is 44.2 Å². The molecule has 2 aromatic heterocycles. The van der Waals surface area contributed by atoms with E-state index >= 15 is 0 Å². The summed E-state index contributed by atoms with van der Waals surface area (Å²) in [5.41, 5.74) is 10.9. The molecule has 0 spiro atoms. The second kappa shape index (κ2) is 11.3. The van der Waals surface area contributed by atoms with E-state index in [0.29, 0.717) is 10.8 Å². The Morgan fingerprint density at radius 1 is 1.24 bits per heavy atom. The summed E-state index contributed by atoms with van der Waals surface area (Å²) < 4.78 is 41.1. The van der Waals surface area contributed by atoms with Crippen molar-refractivity contribution in [2.75, 3.05) is 36.9 Å². The van der Waals surface area contributed by atoms with Crippen LogP contribution in [0.1, 0.15) is 19.5 Å². The van der Waals surface area contributed by atoms with Crippen LogP contribution in [-0.4, -0.2) is 89.5 Å². The predicted molar refractivity (Wildman–Crippen MR) is 152 cm³/mol. The number of nitrogens with two attached hydrogens (primary N) is 2. The van der Waals surface area contributed by atoms with Gasteiger partial charge in [-0.1, -0.05) is 5.16 Å². The molecule has 5 rings (SSSR count). The van der Waals surface area contributed by atoms with Crippen molar-refractivity contribution in [1.82, 2.24) is 20.3 Å². The summed E-state index contributed by atoms with van der Waals surface area (Å²) in [5, 5.41) is 9.36. The lowest BCUT2D eigenvalue weighted by molar-refractivity contribution is -0.218. The highest BCUT2D eigenvalue weighted by atomic mass is 32.3. The minimum Gasteiger partial charge on any atom is -0.490 e. The minimum atomic E-state index is -4.95. The normalized spacial score (nSPS) is 18.9. The van der Waals surface area contributed by atoms with E-state index in [2.05, 4.69) is 29.6 Å². The molecule has 1 aromatic carbocycles. The number of nitrogen functional groups attached to an aromatic ring is 1. The van der Waals surface area contributed by atoms with E-state index in [1.807, 2.05) is 24.3 Å². The molecule has 2 aliphatic rings. The molecule has 0 saturated carbocycles. The number of ether oxygens (including phenoxy) is 1. The van der Waals surface area contributed by atoms with Gasteiger partial charge in [0.15, 0.2) is 17.5 Å². The number of oxime groups is 1. The first-order valence-corrected chi connectivity index (χ1v) is 14.8. The van der Waals surface area contributed by atoms with Crippen LogP contribution in [0.3, 0.4) is 0 Å². The number of amides is 2. The molecular formula is C24H28N8O8S2. The molecule has 16 nitrogen and oxygen atoms in total. The maximum Gasteiger partial charge on any atom is 0.418 e. The lowest BCUT2D eigenvalue weighted by atomic mass is 9.84. The van der Waals surface area contributed by atoms with E-state index in [0.717, 1.165) is 41.1 Å². The summed E-state index contributed by atoms with van der Waals surface area (Å²) in [7, 11) is -4.95. The maximum atomic E-state index is 13.1. The van der Waals surface area contributed by atoms with Crippen LogP contribution in [0.15, 0.2) is 40.9 Å². The lowest BCUT2D eigenvalue weighted by Crippen LogP contribution is -2.76. The number of carbonyl (C=O) groups is 2. The Kier molecular flexibility index (Phi) is 7.90. The zero-order chi connectivity index (χ0) is 30.2. The Morgan fingerprint density at radius 3 is 2.64 bits per heavy atom. The van der Waals surface area contributed by atoms with Gasteiger partial charge in [-0.25, -0.2) is 9.97 Å². The summed E-state index contributed by atoms with van der Waals surface area (Å²) in [5.74, 6) is -0.271. The number of carbonyl (C=O) groups excluding carboxylic acids is 2. The second-order valence-corrected chi connectivity index (χ2v) is 12.0. The smallest absolute Gasteiger partial charge is 0.418 e. The summed E-state index contributed by atoms with van der Waals surface area (Å²) in [4.78, 5) is 41.6.